The molecule has 1 rings (SSSR count). The number of benzene rings is 1. The first-order chi connectivity index (χ1) is 7.63. The molecule has 0 heterocycles. The van der Waals surface area contributed by atoms with E-state index in [0.29, 0.717) is 13.2 Å². The van der Waals surface area contributed by atoms with E-state index in [-0.39, 0.29) is 5.91 Å². The highest BCUT2D eigenvalue weighted by Gasteiger charge is 2.06. The van der Waals surface area contributed by atoms with Crippen molar-refractivity contribution in [3.8, 4) is 5.75 Å². The van der Waals surface area contributed by atoms with Crippen molar-refractivity contribution < 1.29 is 9.53 Å². The molecule has 4 heteroatoms. The van der Waals surface area contributed by atoms with Crippen LogP contribution in [0.1, 0.15) is 19.4 Å². The van der Waals surface area contributed by atoms with E-state index >= 15 is 0 Å². The lowest BCUT2D eigenvalue weighted by molar-refractivity contribution is -0.122. The van der Waals surface area contributed by atoms with Gasteiger partial charge in [0.2, 0.25) is 5.91 Å². The third kappa shape index (κ3) is 3.90. The standard InChI is InChI=1S/C12H18N2O2/c1-3-16-11-6-4-5-10(7-11)8-14-12(15)9(2)13/h4-7,9H,3,8,13H2,1-2H3,(H,14,15)/t9-/m1/s1. The number of rotatable bonds is 5. The fourth-order valence-corrected chi connectivity index (χ4v) is 1.26. The average Bonchev–Trinajstić information content (AvgIpc) is 2.26. The van der Waals surface area contributed by atoms with Crippen LogP contribution in [0.5, 0.6) is 5.75 Å². The number of carbonyl (C=O) groups excluding carboxylic acids is 1. The van der Waals surface area contributed by atoms with Gasteiger partial charge in [-0.3, -0.25) is 4.79 Å². The molecule has 1 aromatic rings. The number of carbonyl (C=O) groups is 1. The molecule has 0 aliphatic rings. The molecule has 0 radical (unpaired) electrons. The molecule has 16 heavy (non-hydrogen) atoms. The molecule has 88 valence electrons. The van der Waals surface area contributed by atoms with Crippen LogP contribution in [0.15, 0.2) is 24.3 Å². The van der Waals surface area contributed by atoms with Crippen LogP contribution >= 0.6 is 0 Å². The Bertz CT molecular complexity index is 351. The third-order valence-corrected chi connectivity index (χ3v) is 2.09. The van der Waals surface area contributed by atoms with Gasteiger partial charge in [-0.05, 0) is 31.5 Å². The minimum absolute atomic E-state index is 0.151. The van der Waals surface area contributed by atoms with E-state index < -0.39 is 6.04 Å². The van der Waals surface area contributed by atoms with Gasteiger partial charge in [0, 0.05) is 6.54 Å². The van der Waals surface area contributed by atoms with E-state index in [1.807, 2.05) is 31.2 Å². The van der Waals surface area contributed by atoms with Gasteiger partial charge in [0.25, 0.3) is 0 Å². The molecule has 4 nitrogen and oxygen atoms in total. The second-order valence-corrected chi connectivity index (χ2v) is 3.59. The fraction of sp³-hybridized carbons (Fsp3) is 0.417. The number of hydrogen-bond donors (Lipinski definition) is 2. The summed E-state index contributed by atoms with van der Waals surface area (Å²) in [6, 6.07) is 7.16. The van der Waals surface area contributed by atoms with E-state index in [1.165, 1.54) is 0 Å². The Balaban J connectivity index is 2.53. The van der Waals surface area contributed by atoms with Crippen LogP contribution < -0.4 is 15.8 Å². The Hall–Kier alpha value is -1.55. The van der Waals surface area contributed by atoms with Crippen molar-refractivity contribution in [1.82, 2.24) is 5.32 Å². The van der Waals surface area contributed by atoms with E-state index in [2.05, 4.69) is 5.32 Å². The monoisotopic (exact) mass is 222 g/mol. The smallest absolute Gasteiger partial charge is 0.236 e. The average molecular weight is 222 g/mol. The summed E-state index contributed by atoms with van der Waals surface area (Å²) in [7, 11) is 0. The molecule has 0 spiro atoms. The van der Waals surface area contributed by atoms with E-state index in [0.717, 1.165) is 11.3 Å². The van der Waals surface area contributed by atoms with E-state index in [1.54, 1.807) is 6.92 Å². The number of nitrogens with one attached hydrogen (secondary N) is 1. The van der Waals surface area contributed by atoms with Gasteiger partial charge in [-0.25, -0.2) is 0 Å². The molecule has 1 amide bonds. The highest BCUT2D eigenvalue weighted by Crippen LogP contribution is 2.12. The number of hydrogen-bond acceptors (Lipinski definition) is 3. The van der Waals surface area contributed by atoms with Gasteiger partial charge in [0.1, 0.15) is 5.75 Å². The summed E-state index contributed by atoms with van der Waals surface area (Å²) in [5, 5.41) is 2.75. The van der Waals surface area contributed by atoms with Crippen molar-refractivity contribution in [3.05, 3.63) is 29.8 Å². The Morgan fingerprint density at radius 2 is 2.31 bits per heavy atom. The molecular weight excluding hydrogens is 204 g/mol. The predicted molar refractivity (Wildman–Crippen MR) is 63.1 cm³/mol. The lowest BCUT2D eigenvalue weighted by Crippen LogP contribution is -2.37. The molecular formula is C12H18N2O2. The molecule has 1 atom stereocenters. The highest BCUT2D eigenvalue weighted by molar-refractivity contribution is 5.80. The maximum atomic E-state index is 11.3. The minimum Gasteiger partial charge on any atom is -0.494 e. The van der Waals surface area contributed by atoms with Gasteiger partial charge in [0.15, 0.2) is 0 Å². The Kier molecular flexibility index (Phi) is 4.79. The van der Waals surface area contributed by atoms with Crippen LogP contribution in [0.2, 0.25) is 0 Å². The van der Waals surface area contributed by atoms with Crippen LogP contribution in [0.4, 0.5) is 0 Å². The minimum atomic E-state index is -0.477. The SMILES string of the molecule is CCOc1cccc(CNC(=O)[C@@H](C)N)c1. The molecule has 0 unspecified atom stereocenters. The second-order valence-electron chi connectivity index (χ2n) is 3.59. The first-order valence-electron chi connectivity index (χ1n) is 5.38. The molecule has 1 aromatic carbocycles. The molecule has 0 aliphatic heterocycles. The van der Waals surface area contributed by atoms with Crippen molar-refractivity contribution in [2.45, 2.75) is 26.4 Å². The summed E-state index contributed by atoms with van der Waals surface area (Å²) in [6.07, 6.45) is 0. The predicted octanol–water partition coefficient (Wildman–Crippen LogP) is 1.05. The number of amides is 1. The normalized spacial score (nSPS) is 11.9. The van der Waals surface area contributed by atoms with Crippen LogP contribution in [0, 0.1) is 0 Å². The van der Waals surface area contributed by atoms with Gasteiger partial charge in [-0.15, -0.1) is 0 Å². The van der Waals surface area contributed by atoms with Gasteiger partial charge >= 0.3 is 0 Å². The molecule has 0 fully saturated rings. The first kappa shape index (κ1) is 12.5. The van der Waals surface area contributed by atoms with Gasteiger partial charge in [0.05, 0.1) is 12.6 Å². The zero-order valence-electron chi connectivity index (χ0n) is 9.69. The molecule has 3 N–H and O–H groups in total. The molecule has 0 aromatic heterocycles. The van der Waals surface area contributed by atoms with Crippen molar-refractivity contribution in [2.75, 3.05) is 6.61 Å². The summed E-state index contributed by atoms with van der Waals surface area (Å²) in [5.74, 6) is 0.664. The van der Waals surface area contributed by atoms with Crippen LogP contribution in [0.25, 0.3) is 0 Å². The highest BCUT2D eigenvalue weighted by atomic mass is 16.5. The van der Waals surface area contributed by atoms with E-state index in [9.17, 15) is 4.79 Å². The second kappa shape index (κ2) is 6.12. The van der Waals surface area contributed by atoms with Gasteiger partial charge in [-0.2, -0.15) is 0 Å². The van der Waals surface area contributed by atoms with Crippen LogP contribution in [-0.2, 0) is 11.3 Å². The maximum absolute atomic E-state index is 11.3. The van der Waals surface area contributed by atoms with Crippen molar-refractivity contribution in [2.24, 2.45) is 5.73 Å². The summed E-state index contributed by atoms with van der Waals surface area (Å²) in [5.41, 5.74) is 6.44. The molecule has 0 aliphatic carbocycles. The zero-order chi connectivity index (χ0) is 12.0. The lowest BCUT2D eigenvalue weighted by Gasteiger charge is -2.09. The lowest BCUT2D eigenvalue weighted by atomic mass is 10.2. The van der Waals surface area contributed by atoms with Gasteiger partial charge < -0.3 is 15.8 Å². The summed E-state index contributed by atoms with van der Waals surface area (Å²) >= 11 is 0. The van der Waals surface area contributed by atoms with Crippen molar-refractivity contribution in [3.63, 3.8) is 0 Å². The Morgan fingerprint density at radius 3 is 2.94 bits per heavy atom. The van der Waals surface area contributed by atoms with Crippen molar-refractivity contribution in [1.29, 1.82) is 0 Å². The number of nitrogens with two attached hydrogens (primary N) is 1. The fourth-order valence-electron chi connectivity index (χ4n) is 1.26. The largest absolute Gasteiger partial charge is 0.494 e. The molecule has 0 saturated carbocycles. The summed E-state index contributed by atoms with van der Waals surface area (Å²) < 4.78 is 5.36. The quantitative estimate of drug-likeness (QED) is 0.782. The van der Waals surface area contributed by atoms with Crippen LogP contribution in [0.3, 0.4) is 0 Å². The number of ether oxygens (including phenoxy) is 1. The topological polar surface area (TPSA) is 64.3 Å². The maximum Gasteiger partial charge on any atom is 0.236 e. The van der Waals surface area contributed by atoms with Crippen molar-refractivity contribution >= 4 is 5.91 Å². The van der Waals surface area contributed by atoms with E-state index in [4.69, 9.17) is 10.5 Å². The molecule has 0 saturated heterocycles. The Morgan fingerprint density at radius 1 is 1.56 bits per heavy atom. The summed E-state index contributed by atoms with van der Waals surface area (Å²) in [4.78, 5) is 11.3. The first-order valence-corrected chi connectivity index (χ1v) is 5.38. The van der Waals surface area contributed by atoms with Crippen LogP contribution in [-0.4, -0.2) is 18.6 Å². The summed E-state index contributed by atoms with van der Waals surface area (Å²) in [6.45, 7) is 4.70. The Labute approximate surface area is 95.8 Å². The molecule has 0 bridgehead atoms. The van der Waals surface area contributed by atoms with Gasteiger partial charge in [-0.1, -0.05) is 12.1 Å². The zero-order valence-corrected chi connectivity index (χ0v) is 9.69. The third-order valence-electron chi connectivity index (χ3n) is 2.09.